The van der Waals surface area contributed by atoms with Crippen LogP contribution in [0.1, 0.15) is 43.4 Å². The topological polar surface area (TPSA) is 88.2 Å². The molecule has 0 saturated carbocycles. The molecule has 1 amide bonds. The molecular formula is C17H23N3O3. The van der Waals surface area contributed by atoms with E-state index in [0.29, 0.717) is 29.3 Å². The molecule has 1 heterocycles. The summed E-state index contributed by atoms with van der Waals surface area (Å²) in [6.45, 7) is 7.79. The summed E-state index contributed by atoms with van der Waals surface area (Å²) in [5.74, 6) is 0.487. The first-order chi connectivity index (χ1) is 10.8. The van der Waals surface area contributed by atoms with Gasteiger partial charge in [-0.25, -0.2) is 0 Å². The van der Waals surface area contributed by atoms with E-state index in [4.69, 9.17) is 4.42 Å². The molecule has 1 unspecified atom stereocenters. The molecule has 124 valence electrons. The van der Waals surface area contributed by atoms with Crippen LogP contribution < -0.4 is 5.32 Å². The molecule has 0 aliphatic carbocycles. The summed E-state index contributed by atoms with van der Waals surface area (Å²) in [4.78, 5) is 12.6. The van der Waals surface area contributed by atoms with E-state index in [1.807, 2.05) is 6.07 Å². The molecule has 2 aromatic rings. The Kier molecular flexibility index (Phi) is 5.15. The van der Waals surface area contributed by atoms with Crippen LogP contribution in [0.5, 0.6) is 0 Å². The number of nitrogens with one attached hydrogen (secondary N) is 1. The van der Waals surface area contributed by atoms with Gasteiger partial charge in [-0.2, -0.15) is 0 Å². The first-order valence-corrected chi connectivity index (χ1v) is 7.61. The quantitative estimate of drug-likeness (QED) is 0.885. The maximum absolute atomic E-state index is 12.6. The smallest absolute Gasteiger partial charge is 0.252 e. The lowest BCUT2D eigenvalue weighted by Crippen LogP contribution is -2.40. The Morgan fingerprint density at radius 3 is 2.57 bits per heavy atom. The molecule has 6 heteroatoms. The van der Waals surface area contributed by atoms with Gasteiger partial charge in [0.25, 0.3) is 5.91 Å². The number of hydrogen-bond acceptors (Lipinski definition) is 5. The Labute approximate surface area is 135 Å². The highest BCUT2D eigenvalue weighted by Crippen LogP contribution is 2.24. The summed E-state index contributed by atoms with van der Waals surface area (Å²) in [6, 6.07) is 6.75. The zero-order valence-corrected chi connectivity index (χ0v) is 14.0. The maximum Gasteiger partial charge on any atom is 0.252 e. The van der Waals surface area contributed by atoms with Gasteiger partial charge in [0.1, 0.15) is 0 Å². The molecule has 1 aromatic heterocycles. The van der Waals surface area contributed by atoms with Crippen molar-refractivity contribution in [3.8, 4) is 11.5 Å². The average molecular weight is 317 g/mol. The van der Waals surface area contributed by atoms with Gasteiger partial charge in [0, 0.05) is 6.92 Å². The lowest BCUT2D eigenvalue weighted by atomic mass is 9.88. The normalized spacial score (nSPS) is 12.9. The van der Waals surface area contributed by atoms with E-state index in [2.05, 4.69) is 36.3 Å². The number of rotatable bonds is 5. The number of nitrogens with zero attached hydrogens (tertiary/aromatic N) is 2. The monoisotopic (exact) mass is 317 g/mol. The second-order valence-electron chi connectivity index (χ2n) is 6.79. The highest BCUT2D eigenvalue weighted by atomic mass is 16.4. The fourth-order valence-corrected chi connectivity index (χ4v) is 2.44. The predicted molar refractivity (Wildman–Crippen MR) is 86.9 cm³/mol. The molecule has 23 heavy (non-hydrogen) atoms. The van der Waals surface area contributed by atoms with Crippen LogP contribution >= 0.6 is 0 Å². The van der Waals surface area contributed by atoms with Crippen molar-refractivity contribution in [2.75, 3.05) is 6.61 Å². The van der Waals surface area contributed by atoms with E-state index in [0.717, 1.165) is 0 Å². The lowest BCUT2D eigenvalue weighted by molar-refractivity contribution is 0.0898. The van der Waals surface area contributed by atoms with Gasteiger partial charge in [0.05, 0.1) is 23.8 Å². The van der Waals surface area contributed by atoms with E-state index in [9.17, 15) is 9.90 Å². The SMILES string of the molecule is Cc1nnc(-c2ccccc2C(=O)NC(CO)CC(C)(C)C)o1. The van der Waals surface area contributed by atoms with Crippen molar-refractivity contribution < 1.29 is 14.3 Å². The summed E-state index contributed by atoms with van der Waals surface area (Å²) >= 11 is 0. The number of aromatic nitrogens is 2. The number of amides is 1. The third-order valence-electron chi connectivity index (χ3n) is 3.34. The first-order valence-electron chi connectivity index (χ1n) is 7.61. The van der Waals surface area contributed by atoms with Crippen LogP contribution in [-0.2, 0) is 0 Å². The van der Waals surface area contributed by atoms with Crippen molar-refractivity contribution in [2.24, 2.45) is 5.41 Å². The number of benzene rings is 1. The van der Waals surface area contributed by atoms with Gasteiger partial charge in [0.15, 0.2) is 0 Å². The van der Waals surface area contributed by atoms with E-state index >= 15 is 0 Å². The van der Waals surface area contributed by atoms with Crippen LogP contribution in [0.2, 0.25) is 0 Å². The molecule has 6 nitrogen and oxygen atoms in total. The summed E-state index contributed by atoms with van der Waals surface area (Å²) in [5.41, 5.74) is 1.03. The van der Waals surface area contributed by atoms with Crippen molar-refractivity contribution in [3.05, 3.63) is 35.7 Å². The molecule has 0 saturated heterocycles. The van der Waals surface area contributed by atoms with Crippen LogP contribution in [0.25, 0.3) is 11.5 Å². The number of carbonyl (C=O) groups excluding carboxylic acids is 1. The molecule has 0 spiro atoms. The molecule has 2 rings (SSSR count). The van der Waals surface area contributed by atoms with Crippen molar-refractivity contribution in [1.82, 2.24) is 15.5 Å². The molecule has 0 aliphatic heterocycles. The van der Waals surface area contributed by atoms with Gasteiger partial charge in [0.2, 0.25) is 11.8 Å². The fourth-order valence-electron chi connectivity index (χ4n) is 2.44. The number of aliphatic hydroxyl groups is 1. The molecule has 0 fully saturated rings. The minimum Gasteiger partial charge on any atom is -0.421 e. The molecular weight excluding hydrogens is 294 g/mol. The molecule has 0 radical (unpaired) electrons. The van der Waals surface area contributed by atoms with Crippen molar-refractivity contribution in [1.29, 1.82) is 0 Å². The minimum absolute atomic E-state index is 0.00376. The standard InChI is InChI=1S/C17H23N3O3/c1-11-19-20-16(23-11)14-8-6-5-7-13(14)15(22)18-12(10-21)9-17(2,3)4/h5-8,12,21H,9-10H2,1-4H3,(H,18,22). The summed E-state index contributed by atoms with van der Waals surface area (Å²) in [7, 11) is 0. The van der Waals surface area contributed by atoms with E-state index < -0.39 is 0 Å². The Morgan fingerprint density at radius 1 is 1.30 bits per heavy atom. The van der Waals surface area contributed by atoms with Crippen LogP contribution in [0.4, 0.5) is 0 Å². The Balaban J connectivity index is 2.23. The van der Waals surface area contributed by atoms with Crippen LogP contribution in [0, 0.1) is 12.3 Å². The van der Waals surface area contributed by atoms with Gasteiger partial charge in [-0.3, -0.25) is 4.79 Å². The second-order valence-corrected chi connectivity index (χ2v) is 6.79. The van der Waals surface area contributed by atoms with E-state index in [1.165, 1.54) is 0 Å². The summed E-state index contributed by atoms with van der Waals surface area (Å²) in [5, 5.41) is 20.2. The highest BCUT2D eigenvalue weighted by molar-refractivity contribution is 6.00. The largest absolute Gasteiger partial charge is 0.421 e. The van der Waals surface area contributed by atoms with E-state index in [1.54, 1.807) is 25.1 Å². The Hall–Kier alpha value is -2.21. The molecule has 0 aliphatic rings. The van der Waals surface area contributed by atoms with Gasteiger partial charge in [-0.1, -0.05) is 32.9 Å². The zero-order chi connectivity index (χ0) is 17.0. The van der Waals surface area contributed by atoms with Crippen molar-refractivity contribution in [2.45, 2.75) is 40.2 Å². The molecule has 1 aromatic carbocycles. The average Bonchev–Trinajstić information content (AvgIpc) is 2.91. The van der Waals surface area contributed by atoms with Gasteiger partial charge < -0.3 is 14.8 Å². The fraction of sp³-hybridized carbons (Fsp3) is 0.471. The third kappa shape index (κ3) is 4.63. The number of aryl methyl sites for hydroxylation is 1. The first kappa shape index (κ1) is 17.1. The molecule has 0 bridgehead atoms. The number of hydrogen-bond donors (Lipinski definition) is 2. The van der Waals surface area contributed by atoms with Crippen LogP contribution in [-0.4, -0.2) is 33.9 Å². The highest BCUT2D eigenvalue weighted by Gasteiger charge is 2.22. The number of aliphatic hydroxyl groups excluding tert-OH is 1. The van der Waals surface area contributed by atoms with Crippen LogP contribution in [0.3, 0.4) is 0 Å². The second kappa shape index (κ2) is 6.91. The van der Waals surface area contributed by atoms with Gasteiger partial charge >= 0.3 is 0 Å². The van der Waals surface area contributed by atoms with Gasteiger partial charge in [-0.05, 0) is 24.0 Å². The minimum atomic E-state index is -0.306. The lowest BCUT2D eigenvalue weighted by Gasteiger charge is -2.25. The van der Waals surface area contributed by atoms with Crippen molar-refractivity contribution in [3.63, 3.8) is 0 Å². The van der Waals surface area contributed by atoms with Crippen molar-refractivity contribution >= 4 is 5.91 Å². The Bertz CT molecular complexity index is 674. The summed E-state index contributed by atoms with van der Waals surface area (Å²) < 4.78 is 5.42. The zero-order valence-electron chi connectivity index (χ0n) is 14.0. The molecule has 1 atom stereocenters. The number of carbonyl (C=O) groups is 1. The van der Waals surface area contributed by atoms with Gasteiger partial charge in [-0.15, -0.1) is 10.2 Å². The van der Waals surface area contributed by atoms with Crippen LogP contribution in [0.15, 0.2) is 28.7 Å². The van der Waals surface area contributed by atoms with E-state index in [-0.39, 0.29) is 24.0 Å². The predicted octanol–water partition coefficient (Wildman–Crippen LogP) is 2.57. The Morgan fingerprint density at radius 2 is 2.00 bits per heavy atom. The summed E-state index contributed by atoms with van der Waals surface area (Å²) in [6.07, 6.45) is 0.678. The maximum atomic E-state index is 12.6. The molecule has 2 N–H and O–H groups in total. The third-order valence-corrected chi connectivity index (χ3v) is 3.34.